The second-order valence-electron chi connectivity index (χ2n) is 4.85. The highest BCUT2D eigenvalue weighted by molar-refractivity contribution is 6.30. The van der Waals surface area contributed by atoms with Gasteiger partial charge in [0.25, 0.3) is 0 Å². The molecule has 0 radical (unpaired) electrons. The Hall–Kier alpha value is -1.06. The molecule has 0 aliphatic heterocycles. The van der Waals surface area contributed by atoms with Crippen LogP contribution in [-0.2, 0) is 10.3 Å². The summed E-state index contributed by atoms with van der Waals surface area (Å²) >= 11 is 5.95. The summed E-state index contributed by atoms with van der Waals surface area (Å²) in [4.78, 5) is 11.7. The van der Waals surface area contributed by atoms with Crippen molar-refractivity contribution in [1.29, 1.82) is 0 Å². The molecule has 1 aromatic carbocycles. The molecular formula is C14H20ClNO2. The molecule has 0 bridgehead atoms. The van der Waals surface area contributed by atoms with Gasteiger partial charge in [-0.2, -0.15) is 0 Å². The van der Waals surface area contributed by atoms with Gasteiger partial charge in [0.15, 0.2) is 0 Å². The molecule has 0 aromatic heterocycles. The third-order valence-electron chi connectivity index (χ3n) is 3.02. The number of aliphatic carboxylic acids is 1. The zero-order valence-corrected chi connectivity index (χ0v) is 11.8. The minimum atomic E-state index is -1.06. The molecule has 0 saturated carbocycles. The van der Waals surface area contributed by atoms with E-state index < -0.39 is 11.5 Å². The van der Waals surface area contributed by atoms with Gasteiger partial charge in [-0.1, -0.05) is 44.5 Å². The Morgan fingerprint density at radius 2 is 2.17 bits per heavy atom. The van der Waals surface area contributed by atoms with Crippen molar-refractivity contribution in [2.75, 3.05) is 6.54 Å². The van der Waals surface area contributed by atoms with E-state index in [1.807, 2.05) is 20.8 Å². The lowest BCUT2D eigenvalue weighted by atomic mass is 9.86. The van der Waals surface area contributed by atoms with Crippen molar-refractivity contribution in [1.82, 2.24) is 5.32 Å². The van der Waals surface area contributed by atoms with Gasteiger partial charge in [-0.3, -0.25) is 5.32 Å². The zero-order chi connectivity index (χ0) is 13.8. The second-order valence-corrected chi connectivity index (χ2v) is 5.29. The molecule has 4 heteroatoms. The predicted molar refractivity (Wildman–Crippen MR) is 73.9 cm³/mol. The molecule has 18 heavy (non-hydrogen) atoms. The van der Waals surface area contributed by atoms with E-state index in [4.69, 9.17) is 11.6 Å². The SMILES string of the molecule is CCC(NCC(C)C)(C(=O)O)c1cccc(Cl)c1. The van der Waals surface area contributed by atoms with Crippen molar-refractivity contribution in [2.45, 2.75) is 32.7 Å². The Kier molecular flexibility index (Phi) is 5.17. The Bertz CT molecular complexity index is 420. The molecule has 3 nitrogen and oxygen atoms in total. The van der Waals surface area contributed by atoms with Crippen LogP contribution in [0.1, 0.15) is 32.8 Å². The number of rotatable bonds is 6. The lowest BCUT2D eigenvalue weighted by Crippen LogP contribution is -2.50. The summed E-state index contributed by atoms with van der Waals surface area (Å²) in [5.41, 5.74) is -0.361. The van der Waals surface area contributed by atoms with E-state index >= 15 is 0 Å². The van der Waals surface area contributed by atoms with Crippen LogP contribution in [0.4, 0.5) is 0 Å². The van der Waals surface area contributed by atoms with Crippen molar-refractivity contribution in [3.63, 3.8) is 0 Å². The van der Waals surface area contributed by atoms with Crippen molar-refractivity contribution >= 4 is 17.6 Å². The minimum Gasteiger partial charge on any atom is -0.480 e. The third kappa shape index (κ3) is 3.24. The monoisotopic (exact) mass is 269 g/mol. The van der Waals surface area contributed by atoms with Crippen LogP contribution < -0.4 is 5.32 Å². The number of carboxylic acids is 1. The summed E-state index contributed by atoms with van der Waals surface area (Å²) in [5.74, 6) is -0.484. The highest BCUT2D eigenvalue weighted by Crippen LogP contribution is 2.28. The molecule has 1 atom stereocenters. The molecule has 0 aliphatic rings. The summed E-state index contributed by atoms with van der Waals surface area (Å²) in [6, 6.07) is 7.04. The average Bonchev–Trinajstić information content (AvgIpc) is 2.29. The van der Waals surface area contributed by atoms with E-state index in [1.54, 1.807) is 24.3 Å². The Balaban J connectivity index is 3.14. The van der Waals surface area contributed by atoms with Gasteiger partial charge < -0.3 is 5.11 Å². The summed E-state index contributed by atoms with van der Waals surface area (Å²) in [7, 11) is 0. The molecule has 2 N–H and O–H groups in total. The van der Waals surface area contributed by atoms with Crippen LogP contribution in [-0.4, -0.2) is 17.6 Å². The molecule has 0 heterocycles. The first kappa shape index (κ1) is 15.0. The molecule has 0 spiro atoms. The molecule has 1 unspecified atom stereocenters. The Morgan fingerprint density at radius 3 is 2.61 bits per heavy atom. The van der Waals surface area contributed by atoms with Gasteiger partial charge >= 0.3 is 5.97 Å². The van der Waals surface area contributed by atoms with Crippen LogP contribution in [0.3, 0.4) is 0 Å². The van der Waals surface area contributed by atoms with Crippen molar-refractivity contribution in [2.24, 2.45) is 5.92 Å². The van der Waals surface area contributed by atoms with E-state index in [-0.39, 0.29) is 0 Å². The molecule has 0 amide bonds. The average molecular weight is 270 g/mol. The van der Waals surface area contributed by atoms with Gasteiger partial charge in [0.1, 0.15) is 5.54 Å². The largest absolute Gasteiger partial charge is 0.480 e. The van der Waals surface area contributed by atoms with E-state index in [2.05, 4.69) is 5.32 Å². The zero-order valence-electron chi connectivity index (χ0n) is 11.0. The summed E-state index contributed by atoms with van der Waals surface area (Å²) in [6.45, 7) is 6.61. The van der Waals surface area contributed by atoms with Crippen molar-refractivity contribution < 1.29 is 9.90 Å². The van der Waals surface area contributed by atoms with Crippen molar-refractivity contribution in [3.05, 3.63) is 34.9 Å². The third-order valence-corrected chi connectivity index (χ3v) is 3.26. The minimum absolute atomic E-state index is 0.384. The van der Waals surface area contributed by atoms with Crippen LogP contribution in [0, 0.1) is 5.92 Å². The number of carbonyl (C=O) groups is 1. The maximum atomic E-state index is 11.7. The maximum Gasteiger partial charge on any atom is 0.328 e. The summed E-state index contributed by atoms with van der Waals surface area (Å²) < 4.78 is 0. The van der Waals surface area contributed by atoms with E-state index in [0.717, 1.165) is 0 Å². The van der Waals surface area contributed by atoms with Crippen molar-refractivity contribution in [3.8, 4) is 0 Å². The van der Waals surface area contributed by atoms with Gasteiger partial charge in [0, 0.05) is 5.02 Å². The lowest BCUT2D eigenvalue weighted by Gasteiger charge is -2.31. The van der Waals surface area contributed by atoms with Crippen LogP contribution in [0.5, 0.6) is 0 Å². The Morgan fingerprint density at radius 1 is 1.50 bits per heavy atom. The number of hydrogen-bond donors (Lipinski definition) is 2. The molecule has 1 rings (SSSR count). The maximum absolute atomic E-state index is 11.7. The number of nitrogens with one attached hydrogen (secondary N) is 1. The highest BCUT2D eigenvalue weighted by Gasteiger charge is 2.38. The summed E-state index contributed by atoms with van der Waals surface area (Å²) in [5, 5.41) is 13.3. The van der Waals surface area contributed by atoms with E-state index in [1.165, 1.54) is 0 Å². The number of halogens is 1. The molecule has 0 fully saturated rings. The topological polar surface area (TPSA) is 49.3 Å². The normalized spacial score (nSPS) is 14.5. The number of hydrogen-bond acceptors (Lipinski definition) is 2. The Labute approximate surface area is 113 Å². The molecule has 0 aliphatic carbocycles. The first-order chi connectivity index (χ1) is 8.42. The van der Waals surface area contributed by atoms with Crippen LogP contribution in [0.15, 0.2) is 24.3 Å². The van der Waals surface area contributed by atoms with Gasteiger partial charge in [0.05, 0.1) is 0 Å². The molecule has 0 saturated heterocycles. The van der Waals surface area contributed by atoms with Gasteiger partial charge in [-0.05, 0) is 36.6 Å². The highest BCUT2D eigenvalue weighted by atomic mass is 35.5. The fourth-order valence-electron chi connectivity index (χ4n) is 1.91. The van der Waals surface area contributed by atoms with E-state index in [0.29, 0.717) is 29.5 Å². The first-order valence-corrected chi connectivity index (χ1v) is 6.54. The predicted octanol–water partition coefficient (Wildman–Crippen LogP) is 3.28. The standard InChI is InChI=1S/C14H20ClNO2/c1-4-14(13(17)18,16-9-10(2)3)11-6-5-7-12(15)8-11/h5-8,10,16H,4,9H2,1-3H3,(H,17,18). The smallest absolute Gasteiger partial charge is 0.328 e. The molecule has 1 aromatic rings. The fourth-order valence-corrected chi connectivity index (χ4v) is 2.10. The van der Waals surface area contributed by atoms with E-state index in [9.17, 15) is 9.90 Å². The quantitative estimate of drug-likeness (QED) is 0.833. The number of benzene rings is 1. The second kappa shape index (κ2) is 6.21. The summed E-state index contributed by atoms with van der Waals surface area (Å²) in [6.07, 6.45) is 0.468. The molecular weight excluding hydrogens is 250 g/mol. The van der Waals surface area contributed by atoms with Gasteiger partial charge in [-0.25, -0.2) is 4.79 Å². The van der Waals surface area contributed by atoms with Crippen LogP contribution in [0.2, 0.25) is 5.02 Å². The van der Waals surface area contributed by atoms with Gasteiger partial charge in [-0.15, -0.1) is 0 Å². The van der Waals surface area contributed by atoms with Crippen LogP contribution >= 0.6 is 11.6 Å². The molecule has 100 valence electrons. The lowest BCUT2D eigenvalue weighted by molar-refractivity contribution is -0.145. The van der Waals surface area contributed by atoms with Gasteiger partial charge in [0.2, 0.25) is 0 Å². The fraction of sp³-hybridized carbons (Fsp3) is 0.500. The number of carboxylic acid groups (broad SMARTS) is 1. The first-order valence-electron chi connectivity index (χ1n) is 6.17. The van der Waals surface area contributed by atoms with Crippen LogP contribution in [0.25, 0.3) is 0 Å².